The predicted octanol–water partition coefficient (Wildman–Crippen LogP) is 0.776. The minimum atomic E-state index is -0.595. The number of hydrogen-bond donors (Lipinski definition) is 1. The van der Waals surface area contributed by atoms with Gasteiger partial charge in [-0.1, -0.05) is 13.8 Å². The fourth-order valence-electron chi connectivity index (χ4n) is 0.921. The molecule has 0 aromatic carbocycles. The summed E-state index contributed by atoms with van der Waals surface area (Å²) in [6.45, 7) is 4.01. The Hall–Kier alpha value is -1.36. The van der Waals surface area contributed by atoms with Crippen LogP contribution in [0.3, 0.4) is 0 Å². The summed E-state index contributed by atoms with van der Waals surface area (Å²) in [6, 6.07) is 0. The lowest BCUT2D eigenvalue weighted by Crippen LogP contribution is -2.43. The minimum Gasteiger partial charge on any atom is -0.466 e. The molecule has 5 heteroatoms. The Kier molecular flexibility index (Phi) is 6.41. The number of carbonyl (C=O) groups excluding carboxylic acids is 2. The monoisotopic (exact) mass is 229 g/mol. The molecule has 0 aromatic heterocycles. The molecule has 0 aliphatic rings. The summed E-state index contributed by atoms with van der Waals surface area (Å²) in [4.78, 5) is 21.9. The molecule has 92 valence electrons. The topological polar surface area (TPSA) is 78.6 Å². The summed E-state index contributed by atoms with van der Waals surface area (Å²) in [6.07, 6.45) is 3.48. The molecule has 0 bridgehead atoms. The number of ether oxygens (including phenoxy) is 2. The molecule has 16 heavy (non-hydrogen) atoms. The molecule has 0 heterocycles. The van der Waals surface area contributed by atoms with Crippen molar-refractivity contribution in [2.75, 3.05) is 13.7 Å². The number of nitrogens with two attached hydrogens (primary N) is 1. The van der Waals surface area contributed by atoms with Gasteiger partial charge in [-0.2, -0.15) is 0 Å². The van der Waals surface area contributed by atoms with Gasteiger partial charge < -0.3 is 15.2 Å². The van der Waals surface area contributed by atoms with Gasteiger partial charge in [-0.15, -0.1) is 0 Å². The van der Waals surface area contributed by atoms with Crippen LogP contribution in [0, 0.1) is 0 Å². The van der Waals surface area contributed by atoms with E-state index in [1.807, 2.05) is 13.8 Å². The molecular weight excluding hydrogens is 210 g/mol. The van der Waals surface area contributed by atoms with Crippen LogP contribution in [-0.2, 0) is 19.1 Å². The third-order valence-corrected chi connectivity index (χ3v) is 2.47. The molecule has 5 nitrogen and oxygen atoms in total. The van der Waals surface area contributed by atoms with Crippen LogP contribution in [0.5, 0.6) is 0 Å². The number of methoxy groups -OCH3 is 1. The van der Waals surface area contributed by atoms with Gasteiger partial charge in [-0.3, -0.25) is 0 Å². The second-order valence-corrected chi connectivity index (χ2v) is 3.53. The van der Waals surface area contributed by atoms with Crippen molar-refractivity contribution in [2.24, 2.45) is 5.73 Å². The molecule has 0 saturated heterocycles. The lowest BCUT2D eigenvalue weighted by molar-refractivity contribution is -0.140. The van der Waals surface area contributed by atoms with Crippen molar-refractivity contribution in [1.29, 1.82) is 0 Å². The second kappa shape index (κ2) is 7.00. The maximum Gasteiger partial charge on any atom is 0.331 e. The Morgan fingerprint density at radius 1 is 1.19 bits per heavy atom. The quantitative estimate of drug-likeness (QED) is 0.537. The fraction of sp³-hybridized carbons (Fsp3) is 0.636. The highest BCUT2D eigenvalue weighted by molar-refractivity contribution is 5.91. The van der Waals surface area contributed by atoms with Gasteiger partial charge in [0, 0.05) is 17.7 Å². The Morgan fingerprint density at radius 3 is 2.12 bits per heavy atom. The molecule has 0 spiro atoms. The van der Waals surface area contributed by atoms with Gasteiger partial charge in [0.25, 0.3) is 0 Å². The molecular formula is C11H19NO4. The molecule has 0 saturated carbocycles. The largest absolute Gasteiger partial charge is 0.466 e. The van der Waals surface area contributed by atoms with E-state index in [1.54, 1.807) is 0 Å². The first-order chi connectivity index (χ1) is 7.47. The van der Waals surface area contributed by atoms with Gasteiger partial charge in [-0.05, 0) is 12.8 Å². The predicted molar refractivity (Wildman–Crippen MR) is 59.6 cm³/mol. The number of carbonyl (C=O) groups is 2. The Bertz CT molecular complexity index is 269. The maximum absolute atomic E-state index is 11.2. The van der Waals surface area contributed by atoms with Crippen LogP contribution in [-0.4, -0.2) is 31.2 Å². The highest BCUT2D eigenvalue weighted by Gasteiger charge is 2.21. The normalized spacial score (nSPS) is 11.5. The van der Waals surface area contributed by atoms with Crippen molar-refractivity contribution in [3.8, 4) is 0 Å². The Morgan fingerprint density at radius 2 is 1.69 bits per heavy atom. The Labute approximate surface area is 95.6 Å². The van der Waals surface area contributed by atoms with Crippen LogP contribution in [0.25, 0.3) is 0 Å². The van der Waals surface area contributed by atoms with Gasteiger partial charge in [0.1, 0.15) is 6.61 Å². The van der Waals surface area contributed by atoms with Gasteiger partial charge in [-0.25, -0.2) is 9.59 Å². The fourth-order valence-corrected chi connectivity index (χ4v) is 0.921. The van der Waals surface area contributed by atoms with Gasteiger partial charge in [0.2, 0.25) is 0 Å². The van der Waals surface area contributed by atoms with E-state index in [9.17, 15) is 9.59 Å². The zero-order valence-electron chi connectivity index (χ0n) is 9.99. The SMILES string of the molecule is CCC(N)(CC)COC(=O)/C=C/C(=O)OC. The molecule has 0 unspecified atom stereocenters. The van der Waals surface area contributed by atoms with E-state index < -0.39 is 17.5 Å². The summed E-state index contributed by atoms with van der Waals surface area (Å²) < 4.78 is 9.26. The van der Waals surface area contributed by atoms with E-state index in [2.05, 4.69) is 4.74 Å². The van der Waals surface area contributed by atoms with Crippen molar-refractivity contribution in [2.45, 2.75) is 32.2 Å². The van der Waals surface area contributed by atoms with E-state index in [0.717, 1.165) is 25.0 Å². The third-order valence-electron chi connectivity index (χ3n) is 2.47. The van der Waals surface area contributed by atoms with Crippen molar-refractivity contribution < 1.29 is 19.1 Å². The van der Waals surface area contributed by atoms with Gasteiger partial charge in [0.05, 0.1) is 7.11 Å². The summed E-state index contributed by atoms with van der Waals surface area (Å²) >= 11 is 0. The van der Waals surface area contributed by atoms with E-state index in [0.29, 0.717) is 0 Å². The highest BCUT2D eigenvalue weighted by Crippen LogP contribution is 2.11. The molecule has 2 N–H and O–H groups in total. The number of rotatable bonds is 6. The first-order valence-electron chi connectivity index (χ1n) is 5.19. The lowest BCUT2D eigenvalue weighted by atomic mass is 9.96. The number of hydrogen-bond acceptors (Lipinski definition) is 5. The third kappa shape index (κ3) is 5.50. The van der Waals surface area contributed by atoms with Crippen molar-refractivity contribution >= 4 is 11.9 Å². The van der Waals surface area contributed by atoms with E-state index in [4.69, 9.17) is 10.5 Å². The molecule has 0 radical (unpaired) electrons. The average molecular weight is 229 g/mol. The van der Waals surface area contributed by atoms with Gasteiger partial charge in [0.15, 0.2) is 0 Å². The lowest BCUT2D eigenvalue weighted by Gasteiger charge is -2.25. The summed E-state index contributed by atoms with van der Waals surface area (Å²) in [5.41, 5.74) is 5.44. The zero-order valence-corrected chi connectivity index (χ0v) is 9.99. The summed E-state index contributed by atoms with van der Waals surface area (Å²) in [7, 11) is 1.23. The molecule has 0 atom stereocenters. The molecule has 0 amide bonds. The highest BCUT2D eigenvalue weighted by atomic mass is 16.5. The van der Waals surface area contributed by atoms with Crippen LogP contribution < -0.4 is 5.73 Å². The molecule has 0 aliphatic heterocycles. The van der Waals surface area contributed by atoms with E-state index in [-0.39, 0.29) is 6.61 Å². The van der Waals surface area contributed by atoms with Crippen LogP contribution in [0.1, 0.15) is 26.7 Å². The second-order valence-electron chi connectivity index (χ2n) is 3.53. The van der Waals surface area contributed by atoms with Crippen LogP contribution >= 0.6 is 0 Å². The standard InChI is InChI=1S/C11H19NO4/c1-4-11(12,5-2)8-16-10(14)7-6-9(13)15-3/h6-7H,4-5,8,12H2,1-3H3/b7-6+. The molecule has 0 rings (SSSR count). The van der Waals surface area contributed by atoms with Crippen LogP contribution in [0.15, 0.2) is 12.2 Å². The zero-order chi connectivity index (χ0) is 12.6. The summed E-state index contributed by atoms with van der Waals surface area (Å²) in [5, 5.41) is 0. The molecule has 0 aromatic rings. The van der Waals surface area contributed by atoms with E-state index in [1.165, 1.54) is 7.11 Å². The van der Waals surface area contributed by atoms with Crippen molar-refractivity contribution in [3.05, 3.63) is 12.2 Å². The molecule has 0 aliphatic carbocycles. The van der Waals surface area contributed by atoms with Crippen molar-refractivity contribution in [1.82, 2.24) is 0 Å². The maximum atomic E-state index is 11.2. The number of esters is 2. The van der Waals surface area contributed by atoms with Crippen molar-refractivity contribution in [3.63, 3.8) is 0 Å². The smallest absolute Gasteiger partial charge is 0.331 e. The summed E-state index contributed by atoms with van der Waals surface area (Å²) in [5.74, 6) is -1.19. The first-order valence-corrected chi connectivity index (χ1v) is 5.19. The minimum absolute atomic E-state index is 0.143. The Balaban J connectivity index is 4.07. The first kappa shape index (κ1) is 14.6. The molecule has 0 fully saturated rings. The van der Waals surface area contributed by atoms with Crippen LogP contribution in [0.2, 0.25) is 0 Å². The van der Waals surface area contributed by atoms with Crippen LogP contribution in [0.4, 0.5) is 0 Å². The van der Waals surface area contributed by atoms with E-state index >= 15 is 0 Å². The van der Waals surface area contributed by atoms with Gasteiger partial charge >= 0.3 is 11.9 Å². The average Bonchev–Trinajstić information content (AvgIpc) is 2.32.